The lowest BCUT2D eigenvalue weighted by molar-refractivity contribution is 0.287. The van der Waals surface area contributed by atoms with Gasteiger partial charge in [0.15, 0.2) is 0 Å². The van der Waals surface area contributed by atoms with E-state index in [1.54, 1.807) is 0 Å². The molecule has 83 valence electrons. The molecule has 0 amide bonds. The molecule has 0 heterocycles. The van der Waals surface area contributed by atoms with Gasteiger partial charge >= 0.3 is 0 Å². The normalized spacial score (nSPS) is 22.7. The van der Waals surface area contributed by atoms with Gasteiger partial charge in [-0.05, 0) is 18.8 Å². The van der Waals surface area contributed by atoms with E-state index in [-0.39, 0.29) is 0 Å². The fourth-order valence-corrected chi connectivity index (χ4v) is 2.66. The third kappa shape index (κ3) is 4.48. The molecule has 1 rings (SSSR count). The predicted octanol–water partition coefficient (Wildman–Crippen LogP) is 4.99. The highest BCUT2D eigenvalue weighted by Gasteiger charge is 2.17. The van der Waals surface area contributed by atoms with Crippen LogP contribution in [0.25, 0.3) is 0 Å². The van der Waals surface area contributed by atoms with E-state index in [9.17, 15) is 0 Å². The number of unbranched alkanes of at least 4 members (excludes halogenated alkanes) is 1. The predicted molar refractivity (Wildman–Crippen MR) is 64.2 cm³/mol. The Hall–Kier alpha value is 0. The summed E-state index contributed by atoms with van der Waals surface area (Å²) in [5.74, 6) is 1.69. The molecule has 0 nitrogen and oxygen atoms in total. The molecule has 0 aromatic rings. The minimum absolute atomic E-state index is 0.744. The first kappa shape index (κ1) is 12.1. The molecular weight excluding hydrogens is 168 g/mol. The Bertz CT molecular complexity index is 120. The van der Waals surface area contributed by atoms with Crippen LogP contribution in [0.5, 0.6) is 0 Å². The standard InChI is InChI=1S/C14H27/c1-3-4-10-13(2)14-11-8-6-5-7-9-12-14/h13-14H,2-12H2,1H3. The molecule has 0 heteroatoms. The van der Waals surface area contributed by atoms with Gasteiger partial charge in [-0.15, -0.1) is 0 Å². The van der Waals surface area contributed by atoms with Crippen molar-refractivity contribution < 1.29 is 0 Å². The maximum absolute atomic E-state index is 4.37. The van der Waals surface area contributed by atoms with E-state index in [0.29, 0.717) is 0 Å². The maximum atomic E-state index is 4.37. The minimum Gasteiger partial charge on any atom is -0.0654 e. The monoisotopic (exact) mass is 195 g/mol. The van der Waals surface area contributed by atoms with Crippen LogP contribution in [0.15, 0.2) is 0 Å². The molecule has 0 spiro atoms. The average molecular weight is 195 g/mol. The van der Waals surface area contributed by atoms with Gasteiger partial charge in [-0.2, -0.15) is 0 Å². The lowest BCUT2D eigenvalue weighted by Crippen LogP contribution is -2.13. The van der Waals surface area contributed by atoms with E-state index in [4.69, 9.17) is 0 Å². The molecule has 1 unspecified atom stereocenters. The second kappa shape index (κ2) is 7.31. The van der Waals surface area contributed by atoms with Crippen LogP contribution < -0.4 is 0 Å². The highest BCUT2D eigenvalue weighted by Crippen LogP contribution is 2.30. The van der Waals surface area contributed by atoms with E-state index in [2.05, 4.69) is 13.8 Å². The minimum atomic E-state index is 0.744. The van der Waals surface area contributed by atoms with Gasteiger partial charge in [0.1, 0.15) is 0 Å². The smallest absolute Gasteiger partial charge is 0.0386 e. The van der Waals surface area contributed by atoms with Gasteiger partial charge in [-0.1, -0.05) is 71.1 Å². The third-order valence-electron chi connectivity index (χ3n) is 3.74. The molecule has 0 aliphatic heterocycles. The summed E-state index contributed by atoms with van der Waals surface area (Å²) in [4.78, 5) is 0. The molecule has 0 bridgehead atoms. The number of rotatable bonds is 4. The van der Waals surface area contributed by atoms with Gasteiger partial charge in [0.2, 0.25) is 0 Å². The molecule has 0 aromatic carbocycles. The van der Waals surface area contributed by atoms with Crippen molar-refractivity contribution in [3.8, 4) is 0 Å². The molecule has 0 aromatic heterocycles. The second-order valence-corrected chi connectivity index (χ2v) is 5.01. The van der Waals surface area contributed by atoms with Crippen molar-refractivity contribution in [3.05, 3.63) is 6.92 Å². The summed E-state index contributed by atoms with van der Waals surface area (Å²) in [6.45, 7) is 6.65. The third-order valence-corrected chi connectivity index (χ3v) is 3.74. The Morgan fingerprint density at radius 2 is 1.64 bits per heavy atom. The Morgan fingerprint density at radius 1 is 1.07 bits per heavy atom. The largest absolute Gasteiger partial charge is 0.0654 e. The van der Waals surface area contributed by atoms with Crippen LogP contribution in [0.4, 0.5) is 0 Å². The lowest BCUT2D eigenvalue weighted by atomic mass is 9.80. The zero-order valence-corrected chi connectivity index (χ0v) is 9.93. The molecular formula is C14H27. The van der Waals surface area contributed by atoms with Crippen LogP contribution in [0, 0.1) is 18.8 Å². The van der Waals surface area contributed by atoms with Crippen molar-refractivity contribution in [3.63, 3.8) is 0 Å². The molecule has 0 saturated heterocycles. The van der Waals surface area contributed by atoms with Crippen molar-refractivity contribution in [1.29, 1.82) is 0 Å². The first-order chi connectivity index (χ1) is 6.84. The molecule has 0 N–H and O–H groups in total. The molecule has 1 aliphatic carbocycles. The fraction of sp³-hybridized carbons (Fsp3) is 0.929. The Balaban J connectivity index is 2.23. The van der Waals surface area contributed by atoms with Crippen molar-refractivity contribution >= 4 is 0 Å². The van der Waals surface area contributed by atoms with E-state index in [0.717, 1.165) is 11.8 Å². The van der Waals surface area contributed by atoms with Gasteiger partial charge < -0.3 is 0 Å². The summed E-state index contributed by atoms with van der Waals surface area (Å²) >= 11 is 0. The average Bonchev–Trinajstić information content (AvgIpc) is 2.13. The summed E-state index contributed by atoms with van der Waals surface area (Å²) in [6, 6.07) is 0. The van der Waals surface area contributed by atoms with Crippen molar-refractivity contribution in [2.45, 2.75) is 71.1 Å². The fourth-order valence-electron chi connectivity index (χ4n) is 2.66. The molecule has 1 saturated carbocycles. The summed E-state index contributed by atoms with van der Waals surface area (Å²) in [5.41, 5.74) is 0. The van der Waals surface area contributed by atoms with Gasteiger partial charge in [-0.25, -0.2) is 0 Å². The van der Waals surface area contributed by atoms with Crippen LogP contribution in [-0.2, 0) is 0 Å². The molecule has 1 fully saturated rings. The van der Waals surface area contributed by atoms with Crippen LogP contribution >= 0.6 is 0 Å². The summed E-state index contributed by atoms with van der Waals surface area (Å²) in [5, 5.41) is 0. The SMILES string of the molecule is [CH2]C(CCCC)C1CCCCCCC1. The van der Waals surface area contributed by atoms with Gasteiger partial charge in [-0.3, -0.25) is 0 Å². The number of hydrogen-bond acceptors (Lipinski definition) is 0. The zero-order valence-electron chi connectivity index (χ0n) is 9.93. The van der Waals surface area contributed by atoms with Crippen LogP contribution in [0.1, 0.15) is 71.1 Å². The van der Waals surface area contributed by atoms with Gasteiger partial charge in [0, 0.05) is 0 Å². The quantitative estimate of drug-likeness (QED) is 0.593. The first-order valence-corrected chi connectivity index (χ1v) is 6.67. The maximum Gasteiger partial charge on any atom is -0.0386 e. The molecule has 1 atom stereocenters. The summed E-state index contributed by atoms with van der Waals surface area (Å²) in [7, 11) is 0. The molecule has 1 radical (unpaired) electrons. The summed E-state index contributed by atoms with van der Waals surface area (Å²) in [6.07, 6.45) is 14.3. The first-order valence-electron chi connectivity index (χ1n) is 6.67. The highest BCUT2D eigenvalue weighted by atomic mass is 14.2. The van der Waals surface area contributed by atoms with Crippen molar-refractivity contribution in [2.24, 2.45) is 11.8 Å². The van der Waals surface area contributed by atoms with Crippen molar-refractivity contribution in [1.82, 2.24) is 0 Å². The van der Waals surface area contributed by atoms with Crippen LogP contribution in [-0.4, -0.2) is 0 Å². The zero-order chi connectivity index (χ0) is 10.2. The highest BCUT2D eigenvalue weighted by molar-refractivity contribution is 4.73. The van der Waals surface area contributed by atoms with E-state index < -0.39 is 0 Å². The molecule has 14 heavy (non-hydrogen) atoms. The second-order valence-electron chi connectivity index (χ2n) is 5.01. The van der Waals surface area contributed by atoms with Crippen LogP contribution in [0.3, 0.4) is 0 Å². The Labute approximate surface area is 90.5 Å². The lowest BCUT2D eigenvalue weighted by Gasteiger charge is -2.25. The number of hydrogen-bond donors (Lipinski definition) is 0. The van der Waals surface area contributed by atoms with Crippen LogP contribution in [0.2, 0.25) is 0 Å². The van der Waals surface area contributed by atoms with E-state index in [1.165, 1.54) is 64.2 Å². The van der Waals surface area contributed by atoms with Gasteiger partial charge in [0.05, 0.1) is 0 Å². The molecule has 1 aliphatic rings. The van der Waals surface area contributed by atoms with E-state index in [1.807, 2.05) is 0 Å². The Morgan fingerprint density at radius 3 is 2.21 bits per heavy atom. The summed E-state index contributed by atoms with van der Waals surface area (Å²) < 4.78 is 0. The Kier molecular flexibility index (Phi) is 6.31. The van der Waals surface area contributed by atoms with Gasteiger partial charge in [0.25, 0.3) is 0 Å². The topological polar surface area (TPSA) is 0 Å². The van der Waals surface area contributed by atoms with Crippen molar-refractivity contribution in [2.75, 3.05) is 0 Å². The van der Waals surface area contributed by atoms with E-state index >= 15 is 0 Å².